The first-order valence-corrected chi connectivity index (χ1v) is 13.8. The summed E-state index contributed by atoms with van der Waals surface area (Å²) in [4.78, 5) is 9.67. The van der Waals surface area contributed by atoms with Crippen molar-refractivity contribution in [3.63, 3.8) is 0 Å². The molecule has 2 aromatic heterocycles. The predicted molar refractivity (Wildman–Crippen MR) is 170 cm³/mol. The molecule has 0 aliphatic heterocycles. The molecule has 0 fully saturated rings. The van der Waals surface area contributed by atoms with Crippen LogP contribution in [0, 0.1) is 0 Å². The van der Waals surface area contributed by atoms with Crippen LogP contribution < -0.4 is 0 Å². The highest BCUT2D eigenvalue weighted by atomic mass is 15.1. The first-order chi connectivity index (χ1) is 20.3. The molecule has 3 nitrogen and oxygen atoms in total. The second-order valence-electron chi connectivity index (χ2n) is 10.3. The zero-order chi connectivity index (χ0) is 27.2. The molecule has 0 bridgehead atoms. The molecule has 0 amide bonds. The number of rotatable bonds is 4. The maximum absolute atomic E-state index is 5.01. The van der Waals surface area contributed by atoms with E-state index >= 15 is 0 Å². The van der Waals surface area contributed by atoms with E-state index in [2.05, 4.69) is 137 Å². The Bertz CT molecular complexity index is 2180. The van der Waals surface area contributed by atoms with Crippen molar-refractivity contribution < 1.29 is 0 Å². The zero-order valence-corrected chi connectivity index (χ0v) is 22.3. The number of pyridine rings is 1. The summed E-state index contributed by atoms with van der Waals surface area (Å²) < 4.78 is 2.24. The summed E-state index contributed by atoms with van der Waals surface area (Å²) in [6.07, 6.45) is 1.87. The summed E-state index contributed by atoms with van der Waals surface area (Å²) in [7, 11) is 0. The molecule has 8 aromatic rings. The summed E-state index contributed by atoms with van der Waals surface area (Å²) in [5.74, 6) is 0.942. The second kappa shape index (κ2) is 9.58. The number of nitrogens with zero attached hydrogens (tertiary/aromatic N) is 3. The molecule has 6 aromatic carbocycles. The highest BCUT2D eigenvalue weighted by Crippen LogP contribution is 2.35. The van der Waals surface area contributed by atoms with Crippen LogP contribution in [0.15, 0.2) is 152 Å². The molecule has 192 valence electrons. The van der Waals surface area contributed by atoms with Gasteiger partial charge in [-0.1, -0.05) is 109 Å². The molecular formula is C38H25N3. The lowest BCUT2D eigenvalue weighted by molar-refractivity contribution is 1.10. The van der Waals surface area contributed by atoms with Gasteiger partial charge in [0.1, 0.15) is 5.82 Å². The Morgan fingerprint density at radius 2 is 1.12 bits per heavy atom. The van der Waals surface area contributed by atoms with E-state index in [1.54, 1.807) is 0 Å². The van der Waals surface area contributed by atoms with Crippen LogP contribution in [0.25, 0.3) is 72.0 Å². The Morgan fingerprint density at radius 1 is 0.488 bits per heavy atom. The first-order valence-electron chi connectivity index (χ1n) is 13.8. The van der Waals surface area contributed by atoms with Gasteiger partial charge in [0.2, 0.25) is 0 Å². The maximum Gasteiger partial charge on any atom is 0.145 e. The molecule has 0 saturated carbocycles. The van der Waals surface area contributed by atoms with Gasteiger partial charge in [-0.2, -0.15) is 0 Å². The van der Waals surface area contributed by atoms with Crippen molar-refractivity contribution in [2.75, 3.05) is 0 Å². The maximum atomic E-state index is 5.01. The molecule has 0 saturated heterocycles. The fourth-order valence-electron chi connectivity index (χ4n) is 5.87. The predicted octanol–water partition coefficient (Wildman–Crippen LogP) is 9.73. The zero-order valence-electron chi connectivity index (χ0n) is 22.3. The summed E-state index contributed by atoms with van der Waals surface area (Å²) in [6, 6.07) is 51.3. The minimum Gasteiger partial charge on any atom is -0.292 e. The van der Waals surface area contributed by atoms with Gasteiger partial charge in [-0.3, -0.25) is 9.55 Å². The van der Waals surface area contributed by atoms with Crippen LogP contribution in [0.1, 0.15) is 0 Å². The van der Waals surface area contributed by atoms with Gasteiger partial charge in [-0.15, -0.1) is 0 Å². The van der Waals surface area contributed by atoms with Gasteiger partial charge in [0.15, 0.2) is 0 Å². The molecule has 41 heavy (non-hydrogen) atoms. The molecule has 0 aliphatic rings. The Labute approximate surface area is 238 Å². The van der Waals surface area contributed by atoms with Crippen LogP contribution in [0.2, 0.25) is 0 Å². The minimum absolute atomic E-state index is 0.942. The number of imidazole rings is 1. The Kier molecular flexibility index (Phi) is 5.46. The highest BCUT2D eigenvalue weighted by Gasteiger charge is 2.14. The number of hydrogen-bond acceptors (Lipinski definition) is 2. The first kappa shape index (κ1) is 23.4. The molecule has 8 rings (SSSR count). The van der Waals surface area contributed by atoms with E-state index in [9.17, 15) is 0 Å². The normalized spacial score (nSPS) is 11.4. The Balaban J connectivity index is 1.17. The summed E-state index contributed by atoms with van der Waals surface area (Å²) in [5.41, 5.74) is 10.1. The third kappa shape index (κ3) is 3.98. The van der Waals surface area contributed by atoms with E-state index in [1.165, 1.54) is 33.0 Å². The lowest BCUT2D eigenvalue weighted by Gasteiger charge is -2.12. The average Bonchev–Trinajstić information content (AvgIpc) is 3.45. The van der Waals surface area contributed by atoms with Crippen molar-refractivity contribution >= 4 is 32.7 Å². The van der Waals surface area contributed by atoms with Crippen molar-refractivity contribution in [2.45, 2.75) is 0 Å². The number of benzene rings is 6. The minimum atomic E-state index is 0.942. The van der Waals surface area contributed by atoms with Crippen LogP contribution in [0.4, 0.5) is 0 Å². The van der Waals surface area contributed by atoms with Crippen molar-refractivity contribution in [3.8, 4) is 39.3 Å². The van der Waals surface area contributed by atoms with Gasteiger partial charge in [-0.25, -0.2) is 4.98 Å². The van der Waals surface area contributed by atoms with E-state index in [4.69, 9.17) is 4.98 Å². The van der Waals surface area contributed by atoms with E-state index in [0.29, 0.717) is 0 Å². The fourth-order valence-corrected chi connectivity index (χ4v) is 5.87. The number of fused-ring (bicyclic) bond motifs is 4. The molecule has 3 heteroatoms. The second-order valence-corrected chi connectivity index (χ2v) is 10.3. The Hall–Kier alpha value is -5.54. The standard InChI is InChI=1S/C38H25N3/c1-2-10-31(11-3-1)41-36-15-7-6-14-35(36)40-38(41)29-22-18-27(19-23-29)26-16-20-28(21-17-26)34-25-30-9-8-24-39-37(30)33-13-5-4-12-32(33)34/h1-25H. The molecule has 0 radical (unpaired) electrons. The van der Waals surface area contributed by atoms with Crippen molar-refractivity contribution in [3.05, 3.63) is 152 Å². The van der Waals surface area contributed by atoms with E-state index in [-0.39, 0.29) is 0 Å². The smallest absolute Gasteiger partial charge is 0.145 e. The van der Waals surface area contributed by atoms with Crippen LogP contribution in [-0.4, -0.2) is 14.5 Å². The molecule has 0 aliphatic carbocycles. The molecule has 0 unspecified atom stereocenters. The number of para-hydroxylation sites is 3. The van der Waals surface area contributed by atoms with Gasteiger partial charge < -0.3 is 0 Å². The van der Waals surface area contributed by atoms with Crippen LogP contribution in [-0.2, 0) is 0 Å². The van der Waals surface area contributed by atoms with Gasteiger partial charge in [-0.05, 0) is 64.0 Å². The van der Waals surface area contributed by atoms with E-state index in [1.807, 2.05) is 24.4 Å². The summed E-state index contributed by atoms with van der Waals surface area (Å²) in [5, 5.41) is 3.56. The fraction of sp³-hybridized carbons (Fsp3) is 0. The van der Waals surface area contributed by atoms with Crippen molar-refractivity contribution in [2.24, 2.45) is 0 Å². The van der Waals surface area contributed by atoms with Gasteiger partial charge in [0.05, 0.1) is 16.6 Å². The molecule has 0 atom stereocenters. The molecule has 0 N–H and O–H groups in total. The van der Waals surface area contributed by atoms with Crippen LogP contribution in [0.3, 0.4) is 0 Å². The van der Waals surface area contributed by atoms with Gasteiger partial charge >= 0.3 is 0 Å². The SMILES string of the molecule is c1ccc(-n2c(-c3ccc(-c4ccc(-c5cc6cccnc6c6ccccc56)cc4)cc3)nc3ccccc32)cc1. The molecular weight excluding hydrogens is 498 g/mol. The summed E-state index contributed by atoms with van der Waals surface area (Å²) in [6.45, 7) is 0. The van der Waals surface area contributed by atoms with Crippen LogP contribution >= 0.6 is 0 Å². The third-order valence-corrected chi connectivity index (χ3v) is 7.86. The topological polar surface area (TPSA) is 30.7 Å². The monoisotopic (exact) mass is 523 g/mol. The molecule has 0 spiro atoms. The Morgan fingerprint density at radius 3 is 1.90 bits per heavy atom. The van der Waals surface area contributed by atoms with E-state index < -0.39 is 0 Å². The van der Waals surface area contributed by atoms with Gasteiger partial charge in [0.25, 0.3) is 0 Å². The highest BCUT2D eigenvalue weighted by molar-refractivity contribution is 6.12. The van der Waals surface area contributed by atoms with E-state index in [0.717, 1.165) is 39.0 Å². The largest absolute Gasteiger partial charge is 0.292 e. The number of hydrogen-bond donors (Lipinski definition) is 0. The van der Waals surface area contributed by atoms with Crippen molar-refractivity contribution in [1.82, 2.24) is 14.5 Å². The van der Waals surface area contributed by atoms with Gasteiger partial charge in [0, 0.05) is 28.2 Å². The van der Waals surface area contributed by atoms with Crippen LogP contribution in [0.5, 0.6) is 0 Å². The number of aromatic nitrogens is 3. The third-order valence-electron chi connectivity index (χ3n) is 7.86. The lowest BCUT2D eigenvalue weighted by Crippen LogP contribution is -1.97. The lowest BCUT2D eigenvalue weighted by atomic mass is 9.94. The average molecular weight is 524 g/mol. The quantitative estimate of drug-likeness (QED) is 0.215. The van der Waals surface area contributed by atoms with Crippen molar-refractivity contribution in [1.29, 1.82) is 0 Å². The summed E-state index contributed by atoms with van der Waals surface area (Å²) >= 11 is 0. The molecule has 2 heterocycles.